The highest BCUT2D eigenvalue weighted by Crippen LogP contribution is 2.42. The van der Waals surface area contributed by atoms with Gasteiger partial charge in [-0.15, -0.1) is 11.8 Å². The Morgan fingerprint density at radius 1 is 1.47 bits per heavy atom. The van der Waals surface area contributed by atoms with E-state index in [1.54, 1.807) is 0 Å². The zero-order chi connectivity index (χ0) is 13.2. The minimum absolute atomic E-state index is 0.359. The van der Waals surface area contributed by atoms with Crippen LogP contribution in [0.15, 0.2) is 41.6 Å². The minimum atomic E-state index is 0.359. The van der Waals surface area contributed by atoms with Crippen molar-refractivity contribution in [2.45, 2.75) is 36.1 Å². The highest BCUT2D eigenvalue weighted by Gasteiger charge is 2.30. The SMILES string of the molecule is CCn1cc(C(NC)C2Cc3ccccc3S2)cn1. The molecule has 0 aliphatic carbocycles. The van der Waals surface area contributed by atoms with Gasteiger partial charge in [0.25, 0.3) is 0 Å². The average molecular weight is 273 g/mol. The number of hydrogen-bond acceptors (Lipinski definition) is 3. The fourth-order valence-electron chi connectivity index (χ4n) is 2.68. The molecule has 3 rings (SSSR count). The molecule has 1 aliphatic heterocycles. The lowest BCUT2D eigenvalue weighted by Gasteiger charge is -2.20. The van der Waals surface area contributed by atoms with Crippen LogP contribution in [0.4, 0.5) is 0 Å². The van der Waals surface area contributed by atoms with E-state index in [0.717, 1.165) is 13.0 Å². The third-order valence-electron chi connectivity index (χ3n) is 3.69. The summed E-state index contributed by atoms with van der Waals surface area (Å²) in [6, 6.07) is 9.08. The first-order chi connectivity index (χ1) is 9.31. The Morgan fingerprint density at radius 2 is 2.32 bits per heavy atom. The summed E-state index contributed by atoms with van der Waals surface area (Å²) < 4.78 is 1.99. The molecule has 2 heterocycles. The van der Waals surface area contributed by atoms with Crippen molar-refractivity contribution >= 4 is 11.8 Å². The van der Waals surface area contributed by atoms with Gasteiger partial charge in [0.1, 0.15) is 0 Å². The first-order valence-corrected chi connectivity index (χ1v) is 7.64. The highest BCUT2D eigenvalue weighted by atomic mass is 32.2. The van der Waals surface area contributed by atoms with E-state index in [-0.39, 0.29) is 0 Å². The van der Waals surface area contributed by atoms with Crippen molar-refractivity contribution in [2.75, 3.05) is 7.05 Å². The van der Waals surface area contributed by atoms with Gasteiger partial charge in [-0.3, -0.25) is 4.68 Å². The van der Waals surface area contributed by atoms with Crippen molar-refractivity contribution in [1.29, 1.82) is 0 Å². The van der Waals surface area contributed by atoms with E-state index in [1.807, 2.05) is 29.7 Å². The zero-order valence-electron chi connectivity index (χ0n) is 11.3. The van der Waals surface area contributed by atoms with Gasteiger partial charge in [-0.2, -0.15) is 5.10 Å². The summed E-state index contributed by atoms with van der Waals surface area (Å²) in [5.41, 5.74) is 2.76. The maximum Gasteiger partial charge on any atom is 0.0538 e. The Kier molecular flexibility index (Phi) is 3.62. The first kappa shape index (κ1) is 12.8. The lowest BCUT2D eigenvalue weighted by Crippen LogP contribution is -2.26. The van der Waals surface area contributed by atoms with Crippen molar-refractivity contribution in [3.8, 4) is 0 Å². The third-order valence-corrected chi connectivity index (χ3v) is 5.08. The van der Waals surface area contributed by atoms with Gasteiger partial charge in [0.15, 0.2) is 0 Å². The Balaban J connectivity index is 1.81. The molecular weight excluding hydrogens is 254 g/mol. The molecule has 4 heteroatoms. The van der Waals surface area contributed by atoms with E-state index in [9.17, 15) is 0 Å². The maximum atomic E-state index is 4.39. The fraction of sp³-hybridized carbons (Fsp3) is 0.400. The second-order valence-electron chi connectivity index (χ2n) is 4.86. The quantitative estimate of drug-likeness (QED) is 0.929. The van der Waals surface area contributed by atoms with E-state index in [0.29, 0.717) is 11.3 Å². The molecule has 0 fully saturated rings. The number of rotatable bonds is 4. The number of aromatic nitrogens is 2. The van der Waals surface area contributed by atoms with E-state index >= 15 is 0 Å². The molecule has 0 radical (unpaired) electrons. The monoisotopic (exact) mass is 273 g/mol. The molecule has 2 aromatic rings. The fourth-order valence-corrected chi connectivity index (χ4v) is 4.15. The van der Waals surface area contributed by atoms with Crippen LogP contribution in [0, 0.1) is 0 Å². The molecule has 0 amide bonds. The van der Waals surface area contributed by atoms with Gasteiger partial charge < -0.3 is 5.32 Å². The lowest BCUT2D eigenvalue weighted by atomic mass is 10.0. The molecule has 100 valence electrons. The molecular formula is C15H19N3S. The van der Waals surface area contributed by atoms with Crippen LogP contribution < -0.4 is 5.32 Å². The van der Waals surface area contributed by atoms with Crippen LogP contribution in [0.2, 0.25) is 0 Å². The summed E-state index contributed by atoms with van der Waals surface area (Å²) in [6.07, 6.45) is 5.28. The molecule has 0 saturated carbocycles. The number of benzene rings is 1. The molecule has 2 atom stereocenters. The van der Waals surface area contributed by atoms with Crippen LogP contribution in [0.3, 0.4) is 0 Å². The molecule has 1 N–H and O–H groups in total. The van der Waals surface area contributed by atoms with Gasteiger partial charge >= 0.3 is 0 Å². The van der Waals surface area contributed by atoms with Gasteiger partial charge in [0.05, 0.1) is 6.20 Å². The topological polar surface area (TPSA) is 29.9 Å². The normalized spacial score (nSPS) is 19.4. The van der Waals surface area contributed by atoms with Crippen molar-refractivity contribution < 1.29 is 0 Å². The largest absolute Gasteiger partial charge is 0.312 e. The molecule has 0 bridgehead atoms. The predicted octanol–water partition coefficient (Wildman–Crippen LogP) is 2.88. The Hall–Kier alpha value is -1.26. The average Bonchev–Trinajstić information content (AvgIpc) is 3.05. The number of fused-ring (bicyclic) bond motifs is 1. The smallest absolute Gasteiger partial charge is 0.0538 e. The third kappa shape index (κ3) is 2.42. The molecule has 1 aromatic carbocycles. The Bertz CT molecular complexity index is 539. The van der Waals surface area contributed by atoms with Crippen LogP contribution >= 0.6 is 11.8 Å². The predicted molar refractivity (Wildman–Crippen MR) is 79.5 cm³/mol. The van der Waals surface area contributed by atoms with Gasteiger partial charge in [0, 0.05) is 34.5 Å². The molecule has 3 nitrogen and oxygen atoms in total. The van der Waals surface area contributed by atoms with Crippen molar-refractivity contribution in [3.05, 3.63) is 47.8 Å². The Morgan fingerprint density at radius 3 is 3.00 bits per heavy atom. The van der Waals surface area contributed by atoms with Crippen molar-refractivity contribution in [2.24, 2.45) is 0 Å². The molecule has 1 aliphatic rings. The number of hydrogen-bond donors (Lipinski definition) is 1. The summed E-state index contributed by atoms with van der Waals surface area (Å²) in [5.74, 6) is 0. The Labute approximate surface area is 118 Å². The molecule has 2 unspecified atom stereocenters. The van der Waals surface area contributed by atoms with Crippen molar-refractivity contribution in [3.63, 3.8) is 0 Å². The zero-order valence-corrected chi connectivity index (χ0v) is 12.2. The number of nitrogens with zero attached hydrogens (tertiary/aromatic N) is 2. The highest BCUT2D eigenvalue weighted by molar-refractivity contribution is 8.00. The first-order valence-electron chi connectivity index (χ1n) is 6.76. The maximum absolute atomic E-state index is 4.39. The second-order valence-corrected chi connectivity index (χ2v) is 6.14. The van der Waals surface area contributed by atoms with Crippen LogP contribution in [0.5, 0.6) is 0 Å². The van der Waals surface area contributed by atoms with E-state index < -0.39 is 0 Å². The second kappa shape index (κ2) is 5.39. The lowest BCUT2D eigenvalue weighted by molar-refractivity contribution is 0.566. The van der Waals surface area contributed by atoms with E-state index in [1.165, 1.54) is 16.0 Å². The molecule has 0 saturated heterocycles. The summed E-state index contributed by atoms with van der Waals surface area (Å²) in [7, 11) is 2.04. The van der Waals surface area contributed by atoms with E-state index in [4.69, 9.17) is 0 Å². The van der Waals surface area contributed by atoms with Crippen LogP contribution in [0.1, 0.15) is 24.1 Å². The minimum Gasteiger partial charge on any atom is -0.312 e. The standard InChI is InChI=1S/C15H19N3S/c1-3-18-10-12(9-17-18)15(16-2)14-8-11-6-4-5-7-13(11)19-14/h4-7,9-10,14-16H,3,8H2,1-2H3. The molecule has 0 spiro atoms. The van der Waals surface area contributed by atoms with Crippen LogP contribution in [-0.4, -0.2) is 22.1 Å². The number of nitrogens with one attached hydrogen (secondary N) is 1. The number of aryl methyl sites for hydroxylation is 1. The molecule has 19 heavy (non-hydrogen) atoms. The summed E-state index contributed by atoms with van der Waals surface area (Å²) in [4.78, 5) is 1.43. The summed E-state index contributed by atoms with van der Waals surface area (Å²) >= 11 is 1.98. The van der Waals surface area contributed by atoms with Crippen LogP contribution in [-0.2, 0) is 13.0 Å². The summed E-state index contributed by atoms with van der Waals surface area (Å²) in [6.45, 7) is 3.04. The van der Waals surface area contributed by atoms with E-state index in [2.05, 4.69) is 47.8 Å². The summed E-state index contributed by atoms with van der Waals surface area (Å²) in [5, 5.41) is 8.40. The van der Waals surface area contributed by atoms with Gasteiger partial charge in [-0.25, -0.2) is 0 Å². The molecule has 1 aromatic heterocycles. The van der Waals surface area contributed by atoms with Gasteiger partial charge in [-0.05, 0) is 32.0 Å². The number of thioether (sulfide) groups is 1. The van der Waals surface area contributed by atoms with Gasteiger partial charge in [-0.1, -0.05) is 18.2 Å². The van der Waals surface area contributed by atoms with Crippen molar-refractivity contribution in [1.82, 2.24) is 15.1 Å². The van der Waals surface area contributed by atoms with Crippen LogP contribution in [0.25, 0.3) is 0 Å². The van der Waals surface area contributed by atoms with Gasteiger partial charge in [0.2, 0.25) is 0 Å².